The van der Waals surface area contributed by atoms with Gasteiger partial charge in [-0.05, 0) is 69.2 Å². The van der Waals surface area contributed by atoms with Crippen molar-refractivity contribution in [2.45, 2.75) is 63.1 Å². The van der Waals surface area contributed by atoms with Crippen LogP contribution in [0.3, 0.4) is 0 Å². The molecule has 1 saturated carbocycles. The summed E-state index contributed by atoms with van der Waals surface area (Å²) in [5.74, 6) is -0.205. The smallest absolute Gasteiger partial charge is 0.317 e. The van der Waals surface area contributed by atoms with E-state index in [0.29, 0.717) is 31.1 Å². The van der Waals surface area contributed by atoms with Gasteiger partial charge >= 0.3 is 6.03 Å². The van der Waals surface area contributed by atoms with Crippen molar-refractivity contribution in [2.75, 3.05) is 19.6 Å². The first-order valence-corrected chi connectivity index (χ1v) is 9.74. The molecule has 4 nitrogen and oxygen atoms in total. The minimum absolute atomic E-state index is 0.0790. The van der Waals surface area contributed by atoms with Crippen LogP contribution >= 0.6 is 0 Å². The molecule has 136 valence electrons. The number of benzene rings is 1. The van der Waals surface area contributed by atoms with Gasteiger partial charge in [-0.2, -0.15) is 0 Å². The van der Waals surface area contributed by atoms with Crippen molar-refractivity contribution in [1.82, 2.24) is 15.1 Å². The number of piperidine rings is 1. The molecule has 0 unspecified atom stereocenters. The fourth-order valence-corrected chi connectivity index (χ4v) is 4.39. The van der Waals surface area contributed by atoms with Crippen molar-refractivity contribution in [3.05, 3.63) is 35.6 Å². The predicted molar refractivity (Wildman–Crippen MR) is 96.0 cm³/mol. The van der Waals surface area contributed by atoms with Gasteiger partial charge < -0.3 is 15.1 Å². The van der Waals surface area contributed by atoms with Crippen LogP contribution in [-0.2, 0) is 6.42 Å². The third-order valence-electron chi connectivity index (χ3n) is 5.93. The highest BCUT2D eigenvalue weighted by Gasteiger charge is 2.36. The Bertz CT molecular complexity index is 619. The summed E-state index contributed by atoms with van der Waals surface area (Å²) in [5.41, 5.74) is 0.956. The molecule has 2 amide bonds. The van der Waals surface area contributed by atoms with Crippen molar-refractivity contribution in [1.29, 1.82) is 0 Å². The standard InChI is InChI=1S/C20H28FN3O/c21-16-4-1-3-15(13-16)8-12-24(18-6-7-18)20(25)22-17-9-11-23-10-2-5-19(23)14-17/h1,3-4,13,17-19H,2,5-12,14H2,(H,22,25)/t17-,19-/m0/s1. The van der Waals surface area contributed by atoms with Crippen LogP contribution in [0.4, 0.5) is 9.18 Å². The minimum atomic E-state index is -0.205. The van der Waals surface area contributed by atoms with Crippen LogP contribution < -0.4 is 5.32 Å². The average Bonchev–Trinajstić information content (AvgIpc) is 3.32. The number of nitrogens with zero attached hydrogens (tertiary/aromatic N) is 2. The molecular formula is C20H28FN3O. The van der Waals surface area contributed by atoms with Crippen molar-refractivity contribution < 1.29 is 9.18 Å². The fraction of sp³-hybridized carbons (Fsp3) is 0.650. The van der Waals surface area contributed by atoms with Crippen LogP contribution in [0.1, 0.15) is 44.1 Å². The van der Waals surface area contributed by atoms with Crippen LogP contribution in [0.15, 0.2) is 24.3 Å². The Morgan fingerprint density at radius 1 is 1.24 bits per heavy atom. The maximum Gasteiger partial charge on any atom is 0.317 e. The molecule has 0 spiro atoms. The van der Waals surface area contributed by atoms with Gasteiger partial charge in [-0.25, -0.2) is 9.18 Å². The Morgan fingerprint density at radius 3 is 2.92 bits per heavy atom. The van der Waals surface area contributed by atoms with Crippen LogP contribution in [0.25, 0.3) is 0 Å². The van der Waals surface area contributed by atoms with E-state index < -0.39 is 0 Å². The number of halogens is 1. The molecule has 25 heavy (non-hydrogen) atoms. The van der Waals surface area contributed by atoms with E-state index in [1.54, 1.807) is 12.1 Å². The highest BCUT2D eigenvalue weighted by atomic mass is 19.1. The van der Waals surface area contributed by atoms with Crippen molar-refractivity contribution in [2.24, 2.45) is 0 Å². The van der Waals surface area contributed by atoms with E-state index in [0.717, 1.165) is 37.8 Å². The van der Waals surface area contributed by atoms with Crippen LogP contribution in [0.2, 0.25) is 0 Å². The van der Waals surface area contributed by atoms with E-state index in [-0.39, 0.29) is 11.8 Å². The molecule has 2 saturated heterocycles. The van der Waals surface area contributed by atoms with Crippen molar-refractivity contribution in [3.8, 4) is 0 Å². The van der Waals surface area contributed by atoms with E-state index in [2.05, 4.69) is 10.2 Å². The van der Waals surface area contributed by atoms with Gasteiger partial charge in [-0.15, -0.1) is 0 Å². The van der Waals surface area contributed by atoms with E-state index in [1.807, 2.05) is 11.0 Å². The molecule has 3 fully saturated rings. The number of urea groups is 1. The first-order chi connectivity index (χ1) is 12.2. The van der Waals surface area contributed by atoms with Crippen molar-refractivity contribution in [3.63, 3.8) is 0 Å². The molecule has 5 heteroatoms. The molecule has 2 aliphatic heterocycles. The summed E-state index contributed by atoms with van der Waals surface area (Å²) in [6.07, 6.45) is 7.63. The van der Waals surface area contributed by atoms with E-state index in [9.17, 15) is 9.18 Å². The third-order valence-corrected chi connectivity index (χ3v) is 5.93. The summed E-state index contributed by atoms with van der Waals surface area (Å²) in [7, 11) is 0. The van der Waals surface area contributed by atoms with Gasteiger partial charge in [0, 0.05) is 31.2 Å². The Morgan fingerprint density at radius 2 is 2.12 bits per heavy atom. The summed E-state index contributed by atoms with van der Waals surface area (Å²) in [5, 5.41) is 3.29. The summed E-state index contributed by atoms with van der Waals surface area (Å²) in [6.45, 7) is 3.01. The maximum atomic E-state index is 13.3. The number of amides is 2. The van der Waals surface area contributed by atoms with Gasteiger partial charge in [0.1, 0.15) is 5.82 Å². The zero-order valence-corrected chi connectivity index (χ0v) is 14.8. The predicted octanol–water partition coefficient (Wildman–Crippen LogP) is 3.17. The first kappa shape index (κ1) is 16.8. The van der Waals surface area contributed by atoms with Gasteiger partial charge in [-0.3, -0.25) is 0 Å². The summed E-state index contributed by atoms with van der Waals surface area (Å²) in [4.78, 5) is 17.4. The monoisotopic (exact) mass is 345 g/mol. The zero-order valence-electron chi connectivity index (χ0n) is 14.8. The second-order valence-corrected chi connectivity index (χ2v) is 7.81. The maximum absolute atomic E-state index is 13.3. The lowest BCUT2D eigenvalue weighted by molar-refractivity contribution is 0.154. The largest absolute Gasteiger partial charge is 0.335 e. The van der Waals surface area contributed by atoms with Crippen LogP contribution in [0, 0.1) is 5.82 Å². The van der Waals surface area contributed by atoms with Gasteiger partial charge in [0.15, 0.2) is 0 Å². The first-order valence-electron chi connectivity index (χ1n) is 9.74. The van der Waals surface area contributed by atoms with Crippen LogP contribution in [0.5, 0.6) is 0 Å². The topological polar surface area (TPSA) is 35.6 Å². The Balaban J connectivity index is 1.32. The number of hydrogen-bond donors (Lipinski definition) is 1. The molecule has 4 rings (SSSR count). The van der Waals surface area contributed by atoms with Crippen molar-refractivity contribution >= 4 is 6.03 Å². The molecular weight excluding hydrogens is 317 g/mol. The molecule has 0 aromatic heterocycles. The van der Waals surface area contributed by atoms with Crippen LogP contribution in [-0.4, -0.2) is 53.6 Å². The summed E-state index contributed by atoms with van der Waals surface area (Å²) >= 11 is 0. The second kappa shape index (κ2) is 7.32. The second-order valence-electron chi connectivity index (χ2n) is 7.81. The minimum Gasteiger partial charge on any atom is -0.335 e. The third kappa shape index (κ3) is 4.14. The normalized spacial score (nSPS) is 26.3. The fourth-order valence-electron chi connectivity index (χ4n) is 4.39. The number of carbonyl (C=O) groups excluding carboxylic acids is 1. The van der Waals surface area contributed by atoms with Gasteiger partial charge in [-0.1, -0.05) is 12.1 Å². The number of hydrogen-bond acceptors (Lipinski definition) is 2. The molecule has 1 N–H and O–H groups in total. The van der Waals surface area contributed by atoms with Gasteiger partial charge in [0.2, 0.25) is 0 Å². The summed E-state index contributed by atoms with van der Waals surface area (Å²) < 4.78 is 13.3. The average molecular weight is 345 g/mol. The molecule has 0 radical (unpaired) electrons. The molecule has 1 aliphatic carbocycles. The zero-order chi connectivity index (χ0) is 17.2. The molecule has 2 atom stereocenters. The number of carbonyl (C=O) groups is 1. The van der Waals surface area contributed by atoms with E-state index in [1.165, 1.54) is 25.5 Å². The highest BCUT2D eigenvalue weighted by Crippen LogP contribution is 2.29. The lowest BCUT2D eigenvalue weighted by atomic mass is 9.98. The SMILES string of the molecule is O=C(N[C@H]1CCN2CCC[C@H]2C1)N(CCc1cccc(F)c1)C1CC1. The molecule has 3 aliphatic rings. The van der Waals surface area contributed by atoms with Gasteiger partial charge in [0.25, 0.3) is 0 Å². The number of nitrogens with one attached hydrogen (secondary N) is 1. The lowest BCUT2D eigenvalue weighted by Crippen LogP contribution is -2.51. The number of rotatable bonds is 5. The lowest BCUT2D eigenvalue weighted by Gasteiger charge is -2.36. The summed E-state index contributed by atoms with van der Waals surface area (Å²) in [6, 6.07) is 8.13. The van der Waals surface area contributed by atoms with Gasteiger partial charge in [0.05, 0.1) is 0 Å². The van der Waals surface area contributed by atoms with E-state index >= 15 is 0 Å². The Kier molecular flexibility index (Phi) is 4.93. The number of fused-ring (bicyclic) bond motifs is 1. The molecule has 1 aromatic carbocycles. The quantitative estimate of drug-likeness (QED) is 0.890. The molecule has 2 heterocycles. The molecule has 1 aromatic rings. The van der Waals surface area contributed by atoms with E-state index in [4.69, 9.17) is 0 Å². The Labute approximate surface area is 149 Å². The highest BCUT2D eigenvalue weighted by molar-refractivity contribution is 5.75. The molecule has 0 bridgehead atoms. The Hall–Kier alpha value is -1.62.